The van der Waals surface area contributed by atoms with Crippen LogP contribution in [0.15, 0.2) is 4.52 Å². The smallest absolute Gasteiger partial charge is 0.223 e. The van der Waals surface area contributed by atoms with Gasteiger partial charge in [-0.15, -0.1) is 0 Å². The summed E-state index contributed by atoms with van der Waals surface area (Å²) >= 11 is 0. The van der Waals surface area contributed by atoms with Gasteiger partial charge in [0, 0.05) is 26.1 Å². The Morgan fingerprint density at radius 3 is 2.93 bits per heavy atom. The van der Waals surface area contributed by atoms with Crippen molar-refractivity contribution in [1.29, 1.82) is 0 Å². The SMILES string of the molecule is Cc1nc(CN2CC(C)CC(N)C2)no1. The van der Waals surface area contributed by atoms with E-state index in [1.165, 1.54) is 0 Å². The minimum Gasteiger partial charge on any atom is -0.340 e. The van der Waals surface area contributed by atoms with E-state index < -0.39 is 0 Å². The number of aromatic nitrogens is 2. The summed E-state index contributed by atoms with van der Waals surface area (Å²) in [6.45, 7) is 6.78. The first-order chi connectivity index (χ1) is 7.13. The molecule has 1 aromatic heterocycles. The maximum Gasteiger partial charge on any atom is 0.223 e. The van der Waals surface area contributed by atoms with Crippen molar-refractivity contribution in [3.8, 4) is 0 Å². The fraction of sp³-hybridized carbons (Fsp3) is 0.800. The number of nitrogens with two attached hydrogens (primary N) is 1. The van der Waals surface area contributed by atoms with Crippen LogP contribution < -0.4 is 5.73 Å². The summed E-state index contributed by atoms with van der Waals surface area (Å²) < 4.78 is 4.94. The van der Waals surface area contributed by atoms with Crippen LogP contribution in [0.5, 0.6) is 0 Å². The molecule has 1 saturated heterocycles. The Bertz CT molecular complexity index is 315. The molecule has 0 saturated carbocycles. The van der Waals surface area contributed by atoms with Crippen LogP contribution in [0.2, 0.25) is 0 Å². The first kappa shape index (κ1) is 10.6. The fourth-order valence-electron chi connectivity index (χ4n) is 2.25. The molecule has 15 heavy (non-hydrogen) atoms. The second kappa shape index (κ2) is 4.28. The lowest BCUT2D eigenvalue weighted by molar-refractivity contribution is 0.153. The first-order valence-electron chi connectivity index (χ1n) is 5.40. The molecule has 84 valence electrons. The zero-order chi connectivity index (χ0) is 10.8. The Labute approximate surface area is 89.6 Å². The normalized spacial score (nSPS) is 28.2. The molecule has 2 unspecified atom stereocenters. The minimum absolute atomic E-state index is 0.279. The quantitative estimate of drug-likeness (QED) is 0.772. The van der Waals surface area contributed by atoms with Crippen molar-refractivity contribution in [1.82, 2.24) is 15.0 Å². The highest BCUT2D eigenvalue weighted by Crippen LogP contribution is 2.16. The summed E-state index contributed by atoms with van der Waals surface area (Å²) in [5.74, 6) is 2.04. The summed E-state index contributed by atoms with van der Waals surface area (Å²) in [6.07, 6.45) is 1.11. The zero-order valence-electron chi connectivity index (χ0n) is 9.31. The summed E-state index contributed by atoms with van der Waals surface area (Å²) in [4.78, 5) is 6.49. The van der Waals surface area contributed by atoms with E-state index in [-0.39, 0.29) is 6.04 Å². The molecule has 5 nitrogen and oxygen atoms in total. The highest BCUT2D eigenvalue weighted by atomic mass is 16.5. The Kier molecular flexibility index (Phi) is 3.02. The zero-order valence-corrected chi connectivity index (χ0v) is 9.31. The summed E-state index contributed by atoms with van der Waals surface area (Å²) in [5, 5.41) is 3.89. The van der Waals surface area contributed by atoms with Gasteiger partial charge in [-0.05, 0) is 12.3 Å². The third-order valence-electron chi connectivity index (χ3n) is 2.70. The van der Waals surface area contributed by atoms with Gasteiger partial charge in [0.1, 0.15) is 0 Å². The second-order valence-electron chi connectivity index (χ2n) is 4.52. The van der Waals surface area contributed by atoms with Gasteiger partial charge >= 0.3 is 0 Å². The van der Waals surface area contributed by atoms with Gasteiger partial charge in [-0.1, -0.05) is 12.1 Å². The second-order valence-corrected chi connectivity index (χ2v) is 4.52. The number of likely N-dealkylation sites (tertiary alicyclic amines) is 1. The van der Waals surface area contributed by atoms with Crippen molar-refractivity contribution in [2.45, 2.75) is 32.9 Å². The summed E-state index contributed by atoms with van der Waals surface area (Å²) in [5.41, 5.74) is 5.97. The van der Waals surface area contributed by atoms with E-state index in [0.717, 1.165) is 31.9 Å². The largest absolute Gasteiger partial charge is 0.340 e. The predicted molar refractivity (Wildman–Crippen MR) is 56.1 cm³/mol. The van der Waals surface area contributed by atoms with Gasteiger partial charge < -0.3 is 10.3 Å². The average Bonchev–Trinajstić information content (AvgIpc) is 2.49. The van der Waals surface area contributed by atoms with Crippen LogP contribution >= 0.6 is 0 Å². The molecule has 1 aliphatic rings. The van der Waals surface area contributed by atoms with Gasteiger partial charge in [0.05, 0.1) is 6.54 Å². The van der Waals surface area contributed by atoms with E-state index in [1.54, 1.807) is 6.92 Å². The first-order valence-corrected chi connectivity index (χ1v) is 5.40. The van der Waals surface area contributed by atoms with E-state index in [1.807, 2.05) is 0 Å². The summed E-state index contributed by atoms with van der Waals surface area (Å²) in [7, 11) is 0. The van der Waals surface area contributed by atoms with Crippen LogP contribution in [0.3, 0.4) is 0 Å². The van der Waals surface area contributed by atoms with Crippen molar-refractivity contribution < 1.29 is 4.52 Å². The monoisotopic (exact) mass is 210 g/mol. The Morgan fingerprint density at radius 2 is 2.33 bits per heavy atom. The number of hydrogen-bond donors (Lipinski definition) is 1. The maximum absolute atomic E-state index is 5.97. The van der Waals surface area contributed by atoms with Crippen molar-refractivity contribution in [2.24, 2.45) is 11.7 Å². The Morgan fingerprint density at radius 1 is 1.53 bits per heavy atom. The van der Waals surface area contributed by atoms with Gasteiger partial charge in [0.15, 0.2) is 5.82 Å². The maximum atomic E-state index is 5.97. The van der Waals surface area contributed by atoms with Crippen LogP contribution in [-0.4, -0.2) is 34.2 Å². The molecule has 0 radical (unpaired) electrons. The van der Waals surface area contributed by atoms with Crippen LogP contribution in [0.1, 0.15) is 25.1 Å². The lowest BCUT2D eigenvalue weighted by Crippen LogP contribution is -2.45. The third-order valence-corrected chi connectivity index (χ3v) is 2.70. The highest BCUT2D eigenvalue weighted by Gasteiger charge is 2.23. The number of hydrogen-bond acceptors (Lipinski definition) is 5. The minimum atomic E-state index is 0.279. The Hall–Kier alpha value is -0.940. The van der Waals surface area contributed by atoms with E-state index in [4.69, 9.17) is 10.3 Å². The van der Waals surface area contributed by atoms with Crippen molar-refractivity contribution in [3.63, 3.8) is 0 Å². The number of piperidine rings is 1. The molecule has 1 fully saturated rings. The van der Waals surface area contributed by atoms with Crippen LogP contribution in [0.4, 0.5) is 0 Å². The molecule has 1 aromatic rings. The molecule has 0 amide bonds. The third kappa shape index (κ3) is 2.76. The fourth-order valence-corrected chi connectivity index (χ4v) is 2.25. The average molecular weight is 210 g/mol. The molecule has 2 N–H and O–H groups in total. The van der Waals surface area contributed by atoms with E-state index in [2.05, 4.69) is 22.0 Å². The van der Waals surface area contributed by atoms with Gasteiger partial charge in [-0.25, -0.2) is 0 Å². The van der Waals surface area contributed by atoms with Crippen LogP contribution in [0, 0.1) is 12.8 Å². The molecule has 2 rings (SSSR count). The molecule has 5 heteroatoms. The predicted octanol–water partition coefficient (Wildman–Crippen LogP) is 0.547. The number of aryl methyl sites for hydroxylation is 1. The highest BCUT2D eigenvalue weighted by molar-refractivity contribution is 4.87. The van der Waals surface area contributed by atoms with Gasteiger partial charge in [-0.2, -0.15) is 4.98 Å². The Balaban J connectivity index is 1.94. The number of nitrogens with zero attached hydrogens (tertiary/aromatic N) is 3. The van der Waals surface area contributed by atoms with Crippen LogP contribution in [-0.2, 0) is 6.54 Å². The van der Waals surface area contributed by atoms with E-state index >= 15 is 0 Å². The van der Waals surface area contributed by atoms with Crippen molar-refractivity contribution in [2.75, 3.05) is 13.1 Å². The molecular weight excluding hydrogens is 192 g/mol. The van der Waals surface area contributed by atoms with E-state index in [9.17, 15) is 0 Å². The standard InChI is InChI=1S/C10H18N4O/c1-7-3-9(11)5-14(4-7)6-10-12-8(2)15-13-10/h7,9H,3-6,11H2,1-2H3. The summed E-state index contributed by atoms with van der Waals surface area (Å²) in [6, 6.07) is 0.279. The molecule has 1 aliphatic heterocycles. The lowest BCUT2D eigenvalue weighted by Gasteiger charge is -2.33. The van der Waals surface area contributed by atoms with Gasteiger partial charge in [0.2, 0.25) is 5.89 Å². The van der Waals surface area contributed by atoms with Crippen molar-refractivity contribution >= 4 is 0 Å². The molecule has 0 aliphatic carbocycles. The van der Waals surface area contributed by atoms with Crippen LogP contribution in [0.25, 0.3) is 0 Å². The van der Waals surface area contributed by atoms with Crippen molar-refractivity contribution in [3.05, 3.63) is 11.7 Å². The van der Waals surface area contributed by atoms with Gasteiger partial charge in [-0.3, -0.25) is 4.90 Å². The molecule has 0 bridgehead atoms. The lowest BCUT2D eigenvalue weighted by atomic mass is 9.97. The molecule has 2 atom stereocenters. The molecule has 0 spiro atoms. The topological polar surface area (TPSA) is 68.2 Å². The van der Waals surface area contributed by atoms with E-state index in [0.29, 0.717) is 11.8 Å². The molecule has 0 aromatic carbocycles. The molecular formula is C10H18N4O. The molecule has 2 heterocycles. The number of rotatable bonds is 2. The van der Waals surface area contributed by atoms with Gasteiger partial charge in [0.25, 0.3) is 0 Å².